The molecule has 29 heavy (non-hydrogen) atoms. The zero-order valence-corrected chi connectivity index (χ0v) is 18.1. The molecule has 2 aromatic rings. The predicted molar refractivity (Wildman–Crippen MR) is 114 cm³/mol. The fraction of sp³-hybridized carbons (Fsp3) is 0.333. The molecule has 2 amide bonds. The first-order chi connectivity index (χ1) is 13.9. The van der Waals surface area contributed by atoms with E-state index < -0.39 is 6.04 Å². The Kier molecular flexibility index (Phi) is 8.61. The summed E-state index contributed by atoms with van der Waals surface area (Å²) in [6, 6.07) is 11.4. The monoisotopic (exact) mass is 438 g/mol. The van der Waals surface area contributed by atoms with Gasteiger partial charge in [0.05, 0.1) is 7.11 Å². The summed E-state index contributed by atoms with van der Waals surface area (Å²) in [6.45, 7) is 1.64. The van der Waals surface area contributed by atoms with Gasteiger partial charge in [-0.3, -0.25) is 9.59 Å². The molecule has 156 valence electrons. The average Bonchev–Trinajstić information content (AvgIpc) is 2.73. The third-order valence-electron chi connectivity index (χ3n) is 4.44. The van der Waals surface area contributed by atoms with Crippen LogP contribution in [-0.2, 0) is 16.1 Å². The lowest BCUT2D eigenvalue weighted by atomic mass is 10.1. The normalized spacial score (nSPS) is 11.5. The third-order valence-corrected chi connectivity index (χ3v) is 5.15. The lowest BCUT2D eigenvalue weighted by Crippen LogP contribution is -2.49. The number of ether oxygens (including phenoxy) is 2. The second-order valence-electron chi connectivity index (χ2n) is 6.20. The van der Waals surface area contributed by atoms with Crippen molar-refractivity contribution in [3.8, 4) is 11.5 Å². The van der Waals surface area contributed by atoms with E-state index in [9.17, 15) is 9.59 Å². The van der Waals surface area contributed by atoms with Gasteiger partial charge in [0.1, 0.15) is 6.04 Å². The molecule has 0 spiro atoms. The van der Waals surface area contributed by atoms with Crippen molar-refractivity contribution >= 4 is 35.0 Å². The molecule has 0 bridgehead atoms. The largest absolute Gasteiger partial charge is 0.493 e. The van der Waals surface area contributed by atoms with E-state index in [0.717, 1.165) is 0 Å². The molecule has 6 nitrogen and oxygen atoms in total. The summed E-state index contributed by atoms with van der Waals surface area (Å²) in [6.07, 6.45) is 0.419. The van der Waals surface area contributed by atoms with Crippen LogP contribution in [0.1, 0.15) is 18.9 Å². The molecule has 2 rings (SSSR count). The Balaban J connectivity index is 2.28. The quantitative estimate of drug-likeness (QED) is 0.643. The highest BCUT2D eigenvalue weighted by atomic mass is 35.5. The minimum Gasteiger partial charge on any atom is -0.493 e. The van der Waals surface area contributed by atoms with Crippen molar-refractivity contribution in [1.29, 1.82) is 0 Å². The van der Waals surface area contributed by atoms with Gasteiger partial charge in [-0.2, -0.15) is 0 Å². The van der Waals surface area contributed by atoms with Crippen LogP contribution in [0.4, 0.5) is 0 Å². The standard InChI is InChI=1S/C21H24Cl2N2O4/c1-4-17(21(27)24-2)25(12-14-15(22)8-7-9-16(14)23)20(26)13-29-19-11-6-5-10-18(19)28-3/h5-11,17H,4,12-13H2,1-3H3,(H,24,27). The Morgan fingerprint density at radius 1 is 1.07 bits per heavy atom. The maximum Gasteiger partial charge on any atom is 0.261 e. The van der Waals surface area contributed by atoms with Gasteiger partial charge in [0, 0.05) is 29.2 Å². The molecule has 0 aliphatic carbocycles. The lowest BCUT2D eigenvalue weighted by molar-refractivity contribution is -0.142. The van der Waals surface area contributed by atoms with Crippen LogP contribution >= 0.6 is 23.2 Å². The fourth-order valence-electron chi connectivity index (χ4n) is 2.90. The molecule has 0 aliphatic heterocycles. The summed E-state index contributed by atoms with van der Waals surface area (Å²) in [5, 5.41) is 3.45. The molecule has 1 unspecified atom stereocenters. The number of nitrogens with one attached hydrogen (secondary N) is 1. The smallest absolute Gasteiger partial charge is 0.261 e. The topological polar surface area (TPSA) is 67.9 Å². The first-order valence-corrected chi connectivity index (χ1v) is 9.88. The number of hydrogen-bond acceptors (Lipinski definition) is 4. The lowest BCUT2D eigenvalue weighted by Gasteiger charge is -2.30. The molecule has 0 aliphatic rings. The highest BCUT2D eigenvalue weighted by molar-refractivity contribution is 6.36. The maximum absolute atomic E-state index is 13.1. The molecule has 2 aromatic carbocycles. The van der Waals surface area contributed by atoms with Crippen molar-refractivity contribution in [3.63, 3.8) is 0 Å². The molecule has 0 radical (unpaired) electrons. The van der Waals surface area contributed by atoms with E-state index in [1.165, 1.54) is 19.1 Å². The summed E-state index contributed by atoms with van der Waals surface area (Å²) < 4.78 is 10.9. The first-order valence-electron chi connectivity index (χ1n) is 9.12. The molecule has 1 N–H and O–H groups in total. The van der Waals surface area contributed by atoms with Gasteiger partial charge < -0.3 is 19.7 Å². The number of carbonyl (C=O) groups excluding carboxylic acids is 2. The van der Waals surface area contributed by atoms with E-state index in [1.54, 1.807) is 42.5 Å². The van der Waals surface area contributed by atoms with Gasteiger partial charge in [0.25, 0.3) is 5.91 Å². The first kappa shape index (κ1) is 22.8. The number of benzene rings is 2. The second-order valence-corrected chi connectivity index (χ2v) is 7.01. The minimum atomic E-state index is -0.693. The number of para-hydroxylation sites is 2. The average molecular weight is 439 g/mol. The molecule has 0 saturated carbocycles. The second kappa shape index (κ2) is 10.9. The molecular formula is C21H24Cl2N2O4. The summed E-state index contributed by atoms with van der Waals surface area (Å²) >= 11 is 12.6. The van der Waals surface area contributed by atoms with Gasteiger partial charge in [-0.1, -0.05) is 48.3 Å². The summed E-state index contributed by atoms with van der Waals surface area (Å²) in [5.74, 6) is 0.301. The summed E-state index contributed by atoms with van der Waals surface area (Å²) in [5.41, 5.74) is 0.573. The van der Waals surface area contributed by atoms with Gasteiger partial charge >= 0.3 is 0 Å². The van der Waals surface area contributed by atoms with Gasteiger partial charge in [-0.05, 0) is 30.7 Å². The van der Waals surface area contributed by atoms with Gasteiger partial charge in [0.2, 0.25) is 5.91 Å². The van der Waals surface area contributed by atoms with E-state index >= 15 is 0 Å². The van der Waals surface area contributed by atoms with Crippen LogP contribution in [0.15, 0.2) is 42.5 Å². The molecular weight excluding hydrogens is 415 g/mol. The van der Waals surface area contributed by atoms with E-state index in [1.807, 2.05) is 6.92 Å². The Bertz CT molecular complexity index is 840. The molecule has 0 heterocycles. The molecule has 0 saturated heterocycles. The number of nitrogens with zero attached hydrogens (tertiary/aromatic N) is 1. The van der Waals surface area contributed by atoms with Crippen molar-refractivity contribution in [2.75, 3.05) is 20.8 Å². The van der Waals surface area contributed by atoms with Crippen molar-refractivity contribution in [2.45, 2.75) is 25.9 Å². The van der Waals surface area contributed by atoms with Crippen molar-refractivity contribution in [1.82, 2.24) is 10.2 Å². The van der Waals surface area contributed by atoms with E-state index in [-0.39, 0.29) is 25.0 Å². The number of likely N-dealkylation sites (N-methyl/N-ethyl adjacent to an activating group) is 1. The Labute approximate surface area is 180 Å². The van der Waals surface area contributed by atoms with Crippen LogP contribution in [0.2, 0.25) is 10.0 Å². The molecule has 0 aromatic heterocycles. The van der Waals surface area contributed by atoms with Gasteiger partial charge in [-0.25, -0.2) is 0 Å². The van der Waals surface area contributed by atoms with Crippen LogP contribution in [0.25, 0.3) is 0 Å². The Morgan fingerprint density at radius 3 is 2.24 bits per heavy atom. The molecule has 8 heteroatoms. The highest BCUT2D eigenvalue weighted by Crippen LogP contribution is 2.28. The fourth-order valence-corrected chi connectivity index (χ4v) is 3.42. The zero-order valence-electron chi connectivity index (χ0n) is 16.6. The van der Waals surface area contributed by atoms with Crippen LogP contribution in [0, 0.1) is 0 Å². The van der Waals surface area contributed by atoms with E-state index in [2.05, 4.69) is 5.32 Å². The van der Waals surface area contributed by atoms with Gasteiger partial charge in [0.15, 0.2) is 18.1 Å². The summed E-state index contributed by atoms with van der Waals surface area (Å²) in [7, 11) is 3.05. The van der Waals surface area contributed by atoms with Crippen molar-refractivity contribution in [2.24, 2.45) is 0 Å². The number of hydrogen-bond donors (Lipinski definition) is 1. The third kappa shape index (κ3) is 5.78. The Morgan fingerprint density at radius 2 is 1.69 bits per heavy atom. The number of rotatable bonds is 9. The van der Waals surface area contributed by atoms with Crippen LogP contribution in [0.5, 0.6) is 11.5 Å². The minimum absolute atomic E-state index is 0.0819. The highest BCUT2D eigenvalue weighted by Gasteiger charge is 2.29. The molecule has 0 fully saturated rings. The van der Waals surface area contributed by atoms with Crippen molar-refractivity contribution < 1.29 is 19.1 Å². The number of methoxy groups -OCH3 is 1. The van der Waals surface area contributed by atoms with E-state index in [0.29, 0.717) is 33.5 Å². The maximum atomic E-state index is 13.1. The van der Waals surface area contributed by atoms with Crippen molar-refractivity contribution in [3.05, 3.63) is 58.1 Å². The van der Waals surface area contributed by atoms with E-state index in [4.69, 9.17) is 32.7 Å². The van der Waals surface area contributed by atoms with Crippen LogP contribution in [0.3, 0.4) is 0 Å². The van der Waals surface area contributed by atoms with Crippen LogP contribution in [-0.4, -0.2) is 43.5 Å². The predicted octanol–water partition coefficient (Wildman–Crippen LogP) is 3.93. The number of carbonyl (C=O) groups is 2. The summed E-state index contributed by atoms with van der Waals surface area (Å²) in [4.78, 5) is 26.9. The molecule has 1 atom stereocenters. The van der Waals surface area contributed by atoms with Gasteiger partial charge in [-0.15, -0.1) is 0 Å². The number of halogens is 2. The number of amides is 2. The zero-order chi connectivity index (χ0) is 21.4. The SMILES string of the molecule is CCC(C(=O)NC)N(Cc1c(Cl)cccc1Cl)C(=O)COc1ccccc1OC. The Hall–Kier alpha value is -2.44. The van der Waals surface area contributed by atoms with Crippen LogP contribution < -0.4 is 14.8 Å².